The fourth-order valence-corrected chi connectivity index (χ4v) is 2.84. The molecule has 1 fully saturated rings. The van der Waals surface area contributed by atoms with Crippen molar-refractivity contribution in [2.24, 2.45) is 0 Å². The number of carbonyl (C=O) groups excluding carboxylic acids is 1. The van der Waals surface area contributed by atoms with Gasteiger partial charge in [0.15, 0.2) is 11.6 Å². The van der Waals surface area contributed by atoms with Gasteiger partial charge in [-0.2, -0.15) is 0 Å². The van der Waals surface area contributed by atoms with E-state index in [0.29, 0.717) is 19.6 Å². The second kappa shape index (κ2) is 6.32. The van der Waals surface area contributed by atoms with Gasteiger partial charge in [-0.05, 0) is 37.3 Å². The van der Waals surface area contributed by atoms with E-state index in [1.807, 2.05) is 19.1 Å². The quantitative estimate of drug-likeness (QED) is 0.854. The number of aromatic nitrogens is 1. The van der Waals surface area contributed by atoms with Gasteiger partial charge in [-0.25, -0.2) is 8.78 Å². The number of nitrogens with zero attached hydrogens (tertiary/aromatic N) is 3. The van der Waals surface area contributed by atoms with Crippen molar-refractivity contribution in [3.05, 3.63) is 59.9 Å². The van der Waals surface area contributed by atoms with Crippen LogP contribution in [0.5, 0.6) is 0 Å². The molecule has 0 radical (unpaired) electrons. The molecule has 0 aliphatic carbocycles. The first-order chi connectivity index (χ1) is 11.1. The molecule has 4 nitrogen and oxygen atoms in total. The lowest BCUT2D eigenvalue weighted by Gasteiger charge is -2.41. The minimum absolute atomic E-state index is 0.0301. The van der Waals surface area contributed by atoms with Crippen molar-refractivity contribution in [2.75, 3.05) is 24.5 Å². The van der Waals surface area contributed by atoms with E-state index in [4.69, 9.17) is 0 Å². The van der Waals surface area contributed by atoms with Crippen molar-refractivity contribution in [2.45, 2.75) is 13.0 Å². The van der Waals surface area contributed by atoms with E-state index < -0.39 is 11.6 Å². The number of amides is 1. The topological polar surface area (TPSA) is 36.4 Å². The summed E-state index contributed by atoms with van der Waals surface area (Å²) in [5.41, 5.74) is 1.24. The summed E-state index contributed by atoms with van der Waals surface area (Å²) in [5.74, 6) is -2.22. The number of hydrogen-bond donors (Lipinski definition) is 0. The molecule has 6 heteroatoms. The molecule has 0 spiro atoms. The zero-order valence-corrected chi connectivity index (χ0v) is 12.7. The Morgan fingerprint density at radius 1 is 1.13 bits per heavy atom. The third-order valence-electron chi connectivity index (χ3n) is 4.08. The zero-order chi connectivity index (χ0) is 16.4. The SMILES string of the molecule is CC1CN(c2ccncc2)CCN1C(=O)c1ccc(F)c(F)c1. The van der Waals surface area contributed by atoms with E-state index >= 15 is 0 Å². The fraction of sp³-hybridized carbons (Fsp3) is 0.294. The standard InChI is InChI=1S/C17H17F2N3O/c1-12-11-21(14-4-6-20-7-5-14)8-9-22(12)17(23)13-2-3-15(18)16(19)10-13/h2-7,10,12H,8-9,11H2,1H3. The molecule has 1 aromatic heterocycles. The molecular weight excluding hydrogens is 300 g/mol. The van der Waals surface area contributed by atoms with Crippen LogP contribution in [-0.2, 0) is 0 Å². The Morgan fingerprint density at radius 3 is 2.52 bits per heavy atom. The minimum atomic E-state index is -1.00. The summed E-state index contributed by atoms with van der Waals surface area (Å²) in [5, 5.41) is 0. The van der Waals surface area contributed by atoms with E-state index in [1.165, 1.54) is 6.07 Å². The third kappa shape index (κ3) is 3.16. The lowest BCUT2D eigenvalue weighted by molar-refractivity contribution is 0.0673. The second-order valence-corrected chi connectivity index (χ2v) is 5.63. The highest BCUT2D eigenvalue weighted by atomic mass is 19.2. The van der Waals surface area contributed by atoms with Gasteiger partial charge in [-0.3, -0.25) is 9.78 Å². The summed E-state index contributed by atoms with van der Waals surface area (Å²) in [6, 6.07) is 7.10. The second-order valence-electron chi connectivity index (χ2n) is 5.63. The van der Waals surface area contributed by atoms with Crippen LogP contribution in [0.25, 0.3) is 0 Å². The lowest BCUT2D eigenvalue weighted by atomic mass is 10.1. The summed E-state index contributed by atoms with van der Waals surface area (Å²) >= 11 is 0. The summed E-state index contributed by atoms with van der Waals surface area (Å²) in [6.07, 6.45) is 3.47. The third-order valence-corrected chi connectivity index (χ3v) is 4.08. The Kier molecular flexibility index (Phi) is 4.23. The van der Waals surface area contributed by atoms with Gasteiger partial charge in [0.25, 0.3) is 5.91 Å². The van der Waals surface area contributed by atoms with Crippen LogP contribution in [0.4, 0.5) is 14.5 Å². The first-order valence-corrected chi connectivity index (χ1v) is 7.47. The van der Waals surface area contributed by atoms with Crippen molar-refractivity contribution in [1.29, 1.82) is 0 Å². The Bertz CT molecular complexity index is 708. The van der Waals surface area contributed by atoms with Crippen LogP contribution in [0.15, 0.2) is 42.7 Å². The molecule has 1 amide bonds. The van der Waals surface area contributed by atoms with Gasteiger partial charge in [0.2, 0.25) is 0 Å². The number of anilines is 1. The van der Waals surface area contributed by atoms with Crippen LogP contribution in [0.2, 0.25) is 0 Å². The van der Waals surface area contributed by atoms with Gasteiger partial charge in [0.05, 0.1) is 0 Å². The molecule has 0 saturated carbocycles. The molecule has 1 atom stereocenters. The molecular formula is C17H17F2N3O. The molecule has 1 aliphatic heterocycles. The monoisotopic (exact) mass is 317 g/mol. The summed E-state index contributed by atoms with van der Waals surface area (Å²) in [7, 11) is 0. The maximum atomic E-state index is 13.3. The molecule has 2 aromatic rings. The van der Waals surface area contributed by atoms with E-state index in [-0.39, 0.29) is 17.5 Å². The van der Waals surface area contributed by atoms with Crippen molar-refractivity contribution in [3.8, 4) is 0 Å². The van der Waals surface area contributed by atoms with Crippen LogP contribution in [0.1, 0.15) is 17.3 Å². The zero-order valence-electron chi connectivity index (χ0n) is 12.7. The maximum absolute atomic E-state index is 13.3. The summed E-state index contributed by atoms with van der Waals surface area (Å²) < 4.78 is 26.3. The molecule has 3 rings (SSSR count). The lowest BCUT2D eigenvalue weighted by Crippen LogP contribution is -2.54. The molecule has 1 aliphatic rings. The van der Waals surface area contributed by atoms with Gasteiger partial charge in [-0.1, -0.05) is 0 Å². The maximum Gasteiger partial charge on any atom is 0.254 e. The highest BCUT2D eigenvalue weighted by Crippen LogP contribution is 2.20. The summed E-state index contributed by atoms with van der Waals surface area (Å²) in [4.78, 5) is 20.4. The predicted molar refractivity (Wildman–Crippen MR) is 83.3 cm³/mol. The van der Waals surface area contributed by atoms with Crippen LogP contribution in [-0.4, -0.2) is 41.5 Å². The number of carbonyl (C=O) groups is 1. The predicted octanol–water partition coefficient (Wildman–Crippen LogP) is 2.71. The van der Waals surface area contributed by atoms with Crippen LogP contribution in [0, 0.1) is 11.6 Å². The van der Waals surface area contributed by atoms with Crippen molar-refractivity contribution >= 4 is 11.6 Å². The van der Waals surface area contributed by atoms with Gasteiger partial charge in [-0.15, -0.1) is 0 Å². The van der Waals surface area contributed by atoms with E-state index in [9.17, 15) is 13.6 Å². The number of piperazine rings is 1. The normalized spacial score (nSPS) is 18.1. The molecule has 120 valence electrons. The van der Waals surface area contributed by atoms with E-state index in [1.54, 1.807) is 17.3 Å². The molecule has 1 unspecified atom stereocenters. The van der Waals surface area contributed by atoms with Crippen LogP contribution < -0.4 is 4.90 Å². The van der Waals surface area contributed by atoms with Gasteiger partial charge in [0.1, 0.15) is 0 Å². The smallest absolute Gasteiger partial charge is 0.254 e. The molecule has 23 heavy (non-hydrogen) atoms. The number of pyridine rings is 1. The first-order valence-electron chi connectivity index (χ1n) is 7.47. The Labute approximate surface area is 133 Å². The van der Waals surface area contributed by atoms with Crippen molar-refractivity contribution < 1.29 is 13.6 Å². The first kappa shape index (κ1) is 15.4. The number of rotatable bonds is 2. The summed E-state index contributed by atoms with van der Waals surface area (Å²) in [6.45, 7) is 3.84. The molecule has 0 bridgehead atoms. The Balaban J connectivity index is 1.73. The number of halogens is 2. The van der Waals surface area contributed by atoms with Crippen LogP contribution in [0.3, 0.4) is 0 Å². The fourth-order valence-electron chi connectivity index (χ4n) is 2.84. The molecule has 1 aromatic carbocycles. The minimum Gasteiger partial charge on any atom is -0.368 e. The van der Waals surface area contributed by atoms with Gasteiger partial charge >= 0.3 is 0 Å². The van der Waals surface area contributed by atoms with Gasteiger partial charge in [0, 0.05) is 49.3 Å². The van der Waals surface area contributed by atoms with Crippen molar-refractivity contribution in [3.63, 3.8) is 0 Å². The van der Waals surface area contributed by atoms with Crippen LogP contribution >= 0.6 is 0 Å². The van der Waals surface area contributed by atoms with E-state index in [0.717, 1.165) is 17.8 Å². The largest absolute Gasteiger partial charge is 0.368 e. The van der Waals surface area contributed by atoms with Gasteiger partial charge < -0.3 is 9.80 Å². The molecule has 1 saturated heterocycles. The van der Waals surface area contributed by atoms with Crippen molar-refractivity contribution in [1.82, 2.24) is 9.88 Å². The number of hydrogen-bond acceptors (Lipinski definition) is 3. The Morgan fingerprint density at radius 2 is 1.87 bits per heavy atom. The average molecular weight is 317 g/mol. The molecule has 2 heterocycles. The molecule has 0 N–H and O–H groups in total. The highest BCUT2D eigenvalue weighted by Gasteiger charge is 2.28. The number of benzene rings is 1. The highest BCUT2D eigenvalue weighted by molar-refractivity contribution is 5.94. The van der Waals surface area contributed by atoms with E-state index in [2.05, 4.69) is 9.88 Å². The average Bonchev–Trinajstić information content (AvgIpc) is 2.57. The Hall–Kier alpha value is -2.50.